The second kappa shape index (κ2) is 6.93. The molecule has 6 heteroatoms. The van der Waals surface area contributed by atoms with Crippen LogP contribution in [0.3, 0.4) is 0 Å². The molecule has 1 heterocycles. The van der Waals surface area contributed by atoms with Crippen molar-refractivity contribution < 1.29 is 9.90 Å². The number of aromatic nitrogens is 2. The van der Waals surface area contributed by atoms with E-state index in [0.29, 0.717) is 18.0 Å². The Labute approximate surface area is 135 Å². The number of carbonyl (C=O) groups is 1. The molecule has 0 bridgehead atoms. The van der Waals surface area contributed by atoms with Crippen LogP contribution in [0.4, 0.5) is 0 Å². The molecular weight excluding hydrogens is 292 g/mol. The zero-order valence-electron chi connectivity index (χ0n) is 12.9. The Hall–Kier alpha value is -2.18. The first-order chi connectivity index (χ1) is 11.1. The molecule has 1 aromatic carbocycles. The number of primary amides is 1. The number of benzene rings is 1. The number of nitrogens with one attached hydrogen (secondary N) is 1. The predicted molar refractivity (Wildman–Crippen MR) is 86.5 cm³/mol. The Kier molecular flexibility index (Phi) is 4.73. The Morgan fingerprint density at radius 3 is 2.78 bits per heavy atom. The molecule has 1 aromatic heterocycles. The molecule has 1 unspecified atom stereocenters. The Balaban J connectivity index is 1.51. The maximum atomic E-state index is 11.1. The van der Waals surface area contributed by atoms with Crippen LogP contribution in [0.1, 0.15) is 28.8 Å². The lowest BCUT2D eigenvalue weighted by Gasteiger charge is -2.16. The molecule has 6 nitrogen and oxygen atoms in total. The zero-order chi connectivity index (χ0) is 16.2. The highest BCUT2D eigenvalue weighted by Gasteiger charge is 2.32. The van der Waals surface area contributed by atoms with Crippen LogP contribution in [0.15, 0.2) is 42.7 Å². The summed E-state index contributed by atoms with van der Waals surface area (Å²) < 4.78 is 1.92. The van der Waals surface area contributed by atoms with Crippen molar-refractivity contribution in [3.63, 3.8) is 0 Å². The molecular formula is C17H22N4O2. The maximum absolute atomic E-state index is 11.1. The lowest BCUT2D eigenvalue weighted by molar-refractivity contribution is 0.100. The van der Waals surface area contributed by atoms with Gasteiger partial charge in [-0.05, 0) is 42.5 Å². The molecule has 1 aliphatic rings. The minimum absolute atomic E-state index is 0.0892. The summed E-state index contributed by atoms with van der Waals surface area (Å²) in [5, 5.41) is 17.9. The predicted octanol–water partition coefficient (Wildman–Crippen LogP) is 0.911. The average Bonchev–Trinajstić information content (AvgIpc) is 3.16. The monoisotopic (exact) mass is 314 g/mol. The molecule has 0 radical (unpaired) electrons. The first-order valence-corrected chi connectivity index (χ1v) is 7.89. The van der Waals surface area contributed by atoms with E-state index in [1.165, 1.54) is 0 Å². The molecule has 122 valence electrons. The minimum atomic E-state index is -0.419. The molecule has 23 heavy (non-hydrogen) atoms. The third-order valence-electron chi connectivity index (χ3n) is 4.44. The fourth-order valence-electron chi connectivity index (χ4n) is 3.20. The molecule has 0 saturated heterocycles. The van der Waals surface area contributed by atoms with Crippen LogP contribution in [0.5, 0.6) is 0 Å². The van der Waals surface area contributed by atoms with E-state index in [9.17, 15) is 9.90 Å². The SMILES string of the molecule is NC(=O)c1ccc(CN[C@@H]2CC(Cn3cccn3)C[C@H]2O)cc1. The van der Waals surface area contributed by atoms with Crippen LogP contribution < -0.4 is 11.1 Å². The van der Waals surface area contributed by atoms with Gasteiger partial charge in [-0.3, -0.25) is 9.48 Å². The molecule has 3 atom stereocenters. The van der Waals surface area contributed by atoms with E-state index < -0.39 is 5.91 Å². The highest BCUT2D eigenvalue weighted by Crippen LogP contribution is 2.27. The molecule has 0 spiro atoms. The number of nitrogens with two attached hydrogens (primary N) is 1. The van der Waals surface area contributed by atoms with Gasteiger partial charge in [0.05, 0.1) is 6.10 Å². The lowest BCUT2D eigenvalue weighted by atomic mass is 10.1. The Morgan fingerprint density at radius 1 is 1.35 bits per heavy atom. The van der Waals surface area contributed by atoms with Gasteiger partial charge in [0.2, 0.25) is 5.91 Å². The molecule has 4 N–H and O–H groups in total. The third kappa shape index (κ3) is 3.97. The second-order valence-electron chi connectivity index (χ2n) is 6.18. The molecule has 1 aliphatic carbocycles. The minimum Gasteiger partial charge on any atom is -0.391 e. The normalized spacial score (nSPS) is 24.0. The van der Waals surface area contributed by atoms with E-state index in [1.807, 2.05) is 29.1 Å². The van der Waals surface area contributed by atoms with Gasteiger partial charge < -0.3 is 16.2 Å². The fourth-order valence-corrected chi connectivity index (χ4v) is 3.20. The number of hydrogen-bond donors (Lipinski definition) is 3. The number of rotatable bonds is 6. The Bertz CT molecular complexity index is 639. The summed E-state index contributed by atoms with van der Waals surface area (Å²) in [6.07, 6.45) is 5.11. The van der Waals surface area contributed by atoms with Crippen molar-refractivity contribution in [3.8, 4) is 0 Å². The molecule has 1 fully saturated rings. The number of aliphatic hydroxyl groups is 1. The van der Waals surface area contributed by atoms with Gasteiger partial charge in [-0.2, -0.15) is 5.10 Å². The molecule has 2 aromatic rings. The van der Waals surface area contributed by atoms with Crippen molar-refractivity contribution in [3.05, 3.63) is 53.9 Å². The third-order valence-corrected chi connectivity index (χ3v) is 4.44. The highest BCUT2D eigenvalue weighted by molar-refractivity contribution is 5.92. The molecule has 1 saturated carbocycles. The standard InChI is InChI=1S/C17H22N4O2/c18-17(23)14-4-2-12(3-5-14)10-19-15-8-13(9-16(15)22)11-21-7-1-6-20-21/h1-7,13,15-16,19,22H,8-11H2,(H2,18,23)/t13?,15-,16-/m1/s1. The largest absolute Gasteiger partial charge is 0.391 e. The smallest absolute Gasteiger partial charge is 0.248 e. The lowest BCUT2D eigenvalue weighted by Crippen LogP contribution is -2.35. The van der Waals surface area contributed by atoms with Crippen LogP contribution in [-0.2, 0) is 13.1 Å². The van der Waals surface area contributed by atoms with Crippen LogP contribution in [0.25, 0.3) is 0 Å². The van der Waals surface area contributed by atoms with Gasteiger partial charge in [-0.1, -0.05) is 12.1 Å². The van der Waals surface area contributed by atoms with E-state index in [4.69, 9.17) is 5.73 Å². The summed E-state index contributed by atoms with van der Waals surface area (Å²) in [6, 6.07) is 9.23. The van der Waals surface area contributed by atoms with Gasteiger partial charge in [0.1, 0.15) is 0 Å². The fraction of sp³-hybridized carbons (Fsp3) is 0.412. The summed E-state index contributed by atoms with van der Waals surface area (Å²) in [4.78, 5) is 11.1. The number of aliphatic hydroxyl groups excluding tert-OH is 1. The highest BCUT2D eigenvalue weighted by atomic mass is 16.3. The van der Waals surface area contributed by atoms with Gasteiger partial charge in [0.25, 0.3) is 0 Å². The van der Waals surface area contributed by atoms with E-state index in [1.54, 1.807) is 18.3 Å². The summed E-state index contributed by atoms with van der Waals surface area (Å²) >= 11 is 0. The average molecular weight is 314 g/mol. The van der Waals surface area contributed by atoms with Crippen LogP contribution in [-0.4, -0.2) is 32.9 Å². The van der Waals surface area contributed by atoms with Gasteiger partial charge in [-0.25, -0.2) is 0 Å². The quantitative estimate of drug-likeness (QED) is 0.739. The van der Waals surface area contributed by atoms with Crippen molar-refractivity contribution in [2.75, 3.05) is 0 Å². The van der Waals surface area contributed by atoms with E-state index in [2.05, 4.69) is 10.4 Å². The molecule has 3 rings (SSSR count). The van der Waals surface area contributed by atoms with Crippen molar-refractivity contribution in [2.45, 2.75) is 38.1 Å². The van der Waals surface area contributed by atoms with Crippen LogP contribution >= 0.6 is 0 Å². The number of carbonyl (C=O) groups excluding carboxylic acids is 1. The summed E-state index contributed by atoms with van der Waals surface area (Å²) in [5.74, 6) is 0.0109. The van der Waals surface area contributed by atoms with Crippen LogP contribution in [0, 0.1) is 5.92 Å². The van der Waals surface area contributed by atoms with E-state index in [0.717, 1.165) is 24.9 Å². The topological polar surface area (TPSA) is 93.2 Å². The van der Waals surface area contributed by atoms with Crippen LogP contribution in [0.2, 0.25) is 0 Å². The van der Waals surface area contributed by atoms with Crippen molar-refractivity contribution in [1.82, 2.24) is 15.1 Å². The van der Waals surface area contributed by atoms with E-state index in [-0.39, 0.29) is 12.1 Å². The molecule has 0 aliphatic heterocycles. The first kappa shape index (κ1) is 15.7. The van der Waals surface area contributed by atoms with Crippen molar-refractivity contribution in [2.24, 2.45) is 11.7 Å². The molecule has 1 amide bonds. The zero-order valence-corrected chi connectivity index (χ0v) is 12.9. The van der Waals surface area contributed by atoms with Gasteiger partial charge >= 0.3 is 0 Å². The summed E-state index contributed by atoms with van der Waals surface area (Å²) in [5.41, 5.74) is 6.81. The van der Waals surface area contributed by atoms with Crippen molar-refractivity contribution in [1.29, 1.82) is 0 Å². The summed E-state index contributed by atoms with van der Waals surface area (Å²) in [7, 11) is 0. The van der Waals surface area contributed by atoms with Gasteiger partial charge in [0.15, 0.2) is 0 Å². The van der Waals surface area contributed by atoms with Crippen molar-refractivity contribution >= 4 is 5.91 Å². The second-order valence-corrected chi connectivity index (χ2v) is 6.18. The number of nitrogens with zero attached hydrogens (tertiary/aromatic N) is 2. The van der Waals surface area contributed by atoms with Gasteiger partial charge in [-0.15, -0.1) is 0 Å². The van der Waals surface area contributed by atoms with Gasteiger partial charge in [0, 0.05) is 37.1 Å². The first-order valence-electron chi connectivity index (χ1n) is 7.89. The number of amides is 1. The van der Waals surface area contributed by atoms with E-state index >= 15 is 0 Å². The maximum Gasteiger partial charge on any atom is 0.248 e. The number of hydrogen-bond acceptors (Lipinski definition) is 4. The Morgan fingerprint density at radius 2 is 2.13 bits per heavy atom. The summed E-state index contributed by atoms with van der Waals surface area (Å²) in [6.45, 7) is 1.50.